The second kappa shape index (κ2) is 9.30. The number of benzene rings is 1. The number of aryl methyl sites for hydroxylation is 2. The van der Waals surface area contributed by atoms with Gasteiger partial charge in [-0.3, -0.25) is 0 Å². The Morgan fingerprint density at radius 3 is 2.52 bits per heavy atom. The van der Waals surface area contributed by atoms with Crippen LogP contribution in [-0.2, 0) is 25.9 Å². The highest BCUT2D eigenvalue weighted by Gasteiger charge is 2.03. The van der Waals surface area contributed by atoms with Crippen molar-refractivity contribution in [1.29, 1.82) is 0 Å². The Morgan fingerprint density at radius 2 is 1.87 bits per heavy atom. The fourth-order valence-corrected chi connectivity index (χ4v) is 3.07. The molecule has 2 rings (SSSR count). The van der Waals surface area contributed by atoms with Gasteiger partial charge in [0.25, 0.3) is 0 Å². The van der Waals surface area contributed by atoms with Crippen molar-refractivity contribution in [2.24, 2.45) is 4.99 Å². The Bertz CT molecular complexity index is 633. The number of nitrogens with one attached hydrogen (secondary N) is 2. The van der Waals surface area contributed by atoms with Crippen molar-refractivity contribution < 1.29 is 0 Å². The summed E-state index contributed by atoms with van der Waals surface area (Å²) in [7, 11) is 0. The zero-order chi connectivity index (χ0) is 16.5. The molecule has 1 aromatic carbocycles. The minimum Gasteiger partial charge on any atom is -0.357 e. The van der Waals surface area contributed by atoms with Crippen molar-refractivity contribution in [3.8, 4) is 0 Å². The Labute approximate surface area is 143 Å². The molecule has 0 radical (unpaired) electrons. The minimum atomic E-state index is 0.691. The van der Waals surface area contributed by atoms with Gasteiger partial charge < -0.3 is 10.6 Å². The molecule has 0 atom stereocenters. The molecule has 0 amide bonds. The normalized spacial score (nSPS) is 11.5. The van der Waals surface area contributed by atoms with E-state index in [4.69, 9.17) is 4.99 Å². The van der Waals surface area contributed by atoms with Crippen LogP contribution in [0.1, 0.15) is 42.6 Å². The van der Waals surface area contributed by atoms with Gasteiger partial charge in [0.05, 0.1) is 23.8 Å². The van der Waals surface area contributed by atoms with Crippen LogP contribution in [0.2, 0.25) is 0 Å². The van der Waals surface area contributed by atoms with Gasteiger partial charge in [-0.25, -0.2) is 9.98 Å². The molecule has 1 heterocycles. The van der Waals surface area contributed by atoms with Crippen molar-refractivity contribution in [2.45, 2.75) is 46.7 Å². The fraction of sp³-hybridized carbons (Fsp3) is 0.444. The number of aromatic nitrogens is 1. The van der Waals surface area contributed by atoms with E-state index < -0.39 is 0 Å². The molecule has 5 heteroatoms. The van der Waals surface area contributed by atoms with Crippen LogP contribution in [-0.4, -0.2) is 17.5 Å². The third-order valence-electron chi connectivity index (χ3n) is 3.59. The van der Waals surface area contributed by atoms with Gasteiger partial charge in [-0.15, -0.1) is 11.3 Å². The molecule has 0 aliphatic rings. The van der Waals surface area contributed by atoms with Crippen LogP contribution < -0.4 is 10.6 Å². The number of nitrogens with zero attached hydrogens (tertiary/aromatic N) is 2. The van der Waals surface area contributed by atoms with Gasteiger partial charge in [-0.1, -0.05) is 38.1 Å². The van der Waals surface area contributed by atoms with Crippen LogP contribution in [0.4, 0.5) is 0 Å². The monoisotopic (exact) mass is 330 g/mol. The molecule has 2 N–H and O–H groups in total. The summed E-state index contributed by atoms with van der Waals surface area (Å²) in [4.78, 5) is 9.28. The zero-order valence-electron chi connectivity index (χ0n) is 14.2. The summed E-state index contributed by atoms with van der Waals surface area (Å²) in [6.07, 6.45) is 2.03. The molecule has 0 unspecified atom stereocenters. The van der Waals surface area contributed by atoms with Gasteiger partial charge in [0, 0.05) is 11.9 Å². The largest absolute Gasteiger partial charge is 0.357 e. The van der Waals surface area contributed by atoms with Gasteiger partial charge >= 0.3 is 0 Å². The lowest BCUT2D eigenvalue weighted by Crippen LogP contribution is -2.36. The number of thiazole rings is 1. The second-order valence-corrected chi connectivity index (χ2v) is 6.20. The summed E-state index contributed by atoms with van der Waals surface area (Å²) < 4.78 is 0. The Kier molecular flexibility index (Phi) is 7.07. The van der Waals surface area contributed by atoms with E-state index in [1.807, 2.05) is 0 Å². The highest BCUT2D eigenvalue weighted by molar-refractivity contribution is 7.09. The topological polar surface area (TPSA) is 49.3 Å². The molecular weight excluding hydrogens is 304 g/mol. The van der Waals surface area contributed by atoms with Crippen LogP contribution in [0.15, 0.2) is 34.6 Å². The first kappa shape index (κ1) is 17.5. The van der Waals surface area contributed by atoms with Gasteiger partial charge in [0.1, 0.15) is 0 Å². The van der Waals surface area contributed by atoms with E-state index in [1.54, 1.807) is 11.3 Å². The molecule has 2 aromatic rings. The van der Waals surface area contributed by atoms with Crippen molar-refractivity contribution in [3.05, 3.63) is 51.5 Å². The van der Waals surface area contributed by atoms with Crippen LogP contribution in [0.3, 0.4) is 0 Å². The van der Waals surface area contributed by atoms with Crippen molar-refractivity contribution >= 4 is 17.3 Å². The quantitative estimate of drug-likeness (QED) is 0.603. The van der Waals surface area contributed by atoms with E-state index in [9.17, 15) is 0 Å². The maximum absolute atomic E-state index is 4.70. The van der Waals surface area contributed by atoms with E-state index in [1.165, 1.54) is 16.1 Å². The predicted octanol–water partition coefficient (Wildman–Crippen LogP) is 3.52. The third-order valence-corrected chi connectivity index (χ3v) is 4.63. The van der Waals surface area contributed by atoms with Gasteiger partial charge in [-0.2, -0.15) is 0 Å². The van der Waals surface area contributed by atoms with Crippen LogP contribution >= 0.6 is 11.3 Å². The maximum atomic E-state index is 4.70. The molecular formula is C18H26N4S. The van der Waals surface area contributed by atoms with Gasteiger partial charge in [0.2, 0.25) is 0 Å². The van der Waals surface area contributed by atoms with E-state index >= 15 is 0 Å². The second-order valence-electron chi connectivity index (χ2n) is 5.26. The highest BCUT2D eigenvalue weighted by atomic mass is 32.1. The van der Waals surface area contributed by atoms with E-state index in [-0.39, 0.29) is 0 Å². The Hall–Kier alpha value is -1.88. The smallest absolute Gasteiger partial charge is 0.191 e. The van der Waals surface area contributed by atoms with Crippen LogP contribution in [0.5, 0.6) is 0 Å². The number of hydrogen-bond donors (Lipinski definition) is 2. The Balaban J connectivity index is 1.99. The molecule has 0 fully saturated rings. The van der Waals surface area contributed by atoms with Gasteiger partial charge in [-0.05, 0) is 30.9 Å². The molecule has 4 nitrogen and oxygen atoms in total. The van der Waals surface area contributed by atoms with E-state index in [0.29, 0.717) is 13.1 Å². The molecule has 1 aromatic heterocycles. The summed E-state index contributed by atoms with van der Waals surface area (Å²) in [5, 5.41) is 9.96. The molecule has 0 aliphatic carbocycles. The Morgan fingerprint density at radius 1 is 1.09 bits per heavy atom. The minimum absolute atomic E-state index is 0.691. The third kappa shape index (κ3) is 5.36. The average molecular weight is 331 g/mol. The lowest BCUT2D eigenvalue weighted by molar-refractivity contribution is 0.799. The lowest BCUT2D eigenvalue weighted by Gasteiger charge is -2.11. The first-order valence-electron chi connectivity index (χ1n) is 8.29. The zero-order valence-corrected chi connectivity index (χ0v) is 15.0. The van der Waals surface area contributed by atoms with Gasteiger partial charge in [0.15, 0.2) is 5.96 Å². The molecule has 0 aliphatic heterocycles. The number of guanidine groups is 1. The average Bonchev–Trinajstić information content (AvgIpc) is 3.05. The number of aliphatic imine (C=N–C) groups is 1. The number of hydrogen-bond acceptors (Lipinski definition) is 3. The summed E-state index contributed by atoms with van der Waals surface area (Å²) in [5.41, 5.74) is 3.72. The first-order chi connectivity index (χ1) is 11.3. The highest BCUT2D eigenvalue weighted by Crippen LogP contribution is 2.11. The summed E-state index contributed by atoms with van der Waals surface area (Å²) >= 11 is 1.72. The molecule has 0 spiro atoms. The van der Waals surface area contributed by atoms with Crippen LogP contribution in [0, 0.1) is 0 Å². The molecule has 0 bridgehead atoms. The fourth-order valence-electron chi connectivity index (χ4n) is 2.33. The summed E-state index contributed by atoms with van der Waals surface area (Å²) in [6, 6.07) is 8.49. The SMILES string of the molecule is CCNC(=NCc1ccccc1CC)NCc1csc(CC)n1. The van der Waals surface area contributed by atoms with E-state index in [2.05, 4.69) is 66.0 Å². The standard InChI is InChI=1S/C18H26N4S/c1-4-14-9-7-8-10-15(14)11-20-18(19-6-3)21-12-16-13-23-17(5-2)22-16/h7-10,13H,4-6,11-12H2,1-3H3,(H2,19,20,21). The lowest BCUT2D eigenvalue weighted by atomic mass is 10.1. The molecule has 0 saturated carbocycles. The first-order valence-corrected chi connectivity index (χ1v) is 9.17. The predicted molar refractivity (Wildman–Crippen MR) is 99.0 cm³/mol. The number of rotatable bonds is 7. The van der Waals surface area contributed by atoms with E-state index in [0.717, 1.165) is 31.0 Å². The summed E-state index contributed by atoms with van der Waals surface area (Å²) in [5.74, 6) is 0.837. The molecule has 0 saturated heterocycles. The van der Waals surface area contributed by atoms with Crippen molar-refractivity contribution in [1.82, 2.24) is 15.6 Å². The molecule has 124 valence electrons. The molecule has 23 heavy (non-hydrogen) atoms. The van der Waals surface area contributed by atoms with Crippen LogP contribution in [0.25, 0.3) is 0 Å². The van der Waals surface area contributed by atoms with Crippen molar-refractivity contribution in [3.63, 3.8) is 0 Å². The maximum Gasteiger partial charge on any atom is 0.191 e. The summed E-state index contributed by atoms with van der Waals surface area (Å²) in [6.45, 7) is 8.63. The van der Waals surface area contributed by atoms with Crippen molar-refractivity contribution in [2.75, 3.05) is 6.54 Å².